The average Bonchev–Trinajstić information content (AvgIpc) is 3.19. The standard InChI is InChI=1S/C20H20N2O4S/c1-12-5-7-13(8-6-12)9-10-17(24)26-11-16(23)22-20-18(19(21)25)14-3-2-4-15(14)27-20/h5-10H,2-4,11H2,1H3,(H2,21,25)(H,22,23)/b10-9+. The third kappa shape index (κ3) is 4.62. The van der Waals surface area contributed by atoms with Crippen molar-refractivity contribution in [1.29, 1.82) is 0 Å². The van der Waals surface area contributed by atoms with E-state index in [1.54, 1.807) is 6.08 Å². The van der Waals surface area contributed by atoms with Crippen molar-refractivity contribution in [3.8, 4) is 0 Å². The predicted octanol–water partition coefficient (Wildman–Crippen LogP) is 2.84. The fraction of sp³-hybridized carbons (Fsp3) is 0.250. The van der Waals surface area contributed by atoms with Gasteiger partial charge in [0.15, 0.2) is 6.61 Å². The Kier molecular flexibility index (Phi) is 5.71. The first-order valence-corrected chi connectivity index (χ1v) is 9.41. The molecule has 3 rings (SSSR count). The zero-order chi connectivity index (χ0) is 19.4. The highest BCUT2D eigenvalue weighted by atomic mass is 32.1. The van der Waals surface area contributed by atoms with Gasteiger partial charge in [-0.25, -0.2) is 4.79 Å². The number of nitrogens with two attached hydrogens (primary N) is 1. The van der Waals surface area contributed by atoms with Crippen molar-refractivity contribution < 1.29 is 19.1 Å². The molecule has 3 N–H and O–H groups in total. The number of amides is 2. The maximum Gasteiger partial charge on any atom is 0.331 e. The van der Waals surface area contributed by atoms with Crippen molar-refractivity contribution in [2.45, 2.75) is 26.2 Å². The second-order valence-electron chi connectivity index (χ2n) is 6.33. The molecule has 1 aliphatic rings. The summed E-state index contributed by atoms with van der Waals surface area (Å²) in [4.78, 5) is 36.6. The number of nitrogens with one attached hydrogen (secondary N) is 1. The van der Waals surface area contributed by atoms with Crippen LogP contribution in [0.4, 0.5) is 5.00 Å². The minimum absolute atomic E-state index is 0.381. The van der Waals surface area contributed by atoms with E-state index < -0.39 is 24.4 Å². The number of aryl methyl sites for hydroxylation is 2. The van der Waals surface area contributed by atoms with Crippen LogP contribution in [0.1, 0.15) is 38.3 Å². The second-order valence-corrected chi connectivity index (χ2v) is 7.43. The van der Waals surface area contributed by atoms with Crippen LogP contribution >= 0.6 is 11.3 Å². The lowest BCUT2D eigenvalue weighted by molar-refractivity contribution is -0.142. The minimum atomic E-state index is -0.616. The Labute approximate surface area is 161 Å². The number of thiophene rings is 1. The molecule has 0 fully saturated rings. The summed E-state index contributed by atoms with van der Waals surface area (Å²) >= 11 is 1.36. The van der Waals surface area contributed by atoms with Gasteiger partial charge < -0.3 is 15.8 Å². The number of hydrogen-bond donors (Lipinski definition) is 2. The zero-order valence-corrected chi connectivity index (χ0v) is 15.7. The molecule has 0 unspecified atom stereocenters. The molecule has 6 nitrogen and oxygen atoms in total. The molecule has 0 saturated heterocycles. The fourth-order valence-electron chi connectivity index (χ4n) is 2.94. The lowest BCUT2D eigenvalue weighted by Crippen LogP contribution is -2.22. The van der Waals surface area contributed by atoms with E-state index in [9.17, 15) is 14.4 Å². The number of primary amides is 1. The number of esters is 1. The molecule has 0 bridgehead atoms. The van der Waals surface area contributed by atoms with E-state index in [2.05, 4.69) is 5.32 Å². The number of carbonyl (C=O) groups is 3. The third-order valence-corrected chi connectivity index (χ3v) is 5.46. The van der Waals surface area contributed by atoms with E-state index in [0.717, 1.165) is 40.8 Å². The summed E-state index contributed by atoms with van der Waals surface area (Å²) in [6.07, 6.45) is 5.55. The van der Waals surface area contributed by atoms with Gasteiger partial charge in [0.05, 0.1) is 5.56 Å². The smallest absolute Gasteiger partial charge is 0.331 e. The predicted molar refractivity (Wildman–Crippen MR) is 105 cm³/mol. The number of hydrogen-bond acceptors (Lipinski definition) is 5. The number of fused-ring (bicyclic) bond motifs is 1. The first-order valence-electron chi connectivity index (χ1n) is 8.59. The van der Waals surface area contributed by atoms with Crippen molar-refractivity contribution >= 4 is 40.2 Å². The van der Waals surface area contributed by atoms with Crippen molar-refractivity contribution in [2.75, 3.05) is 11.9 Å². The Morgan fingerprint density at radius 3 is 2.67 bits per heavy atom. The third-order valence-electron chi connectivity index (χ3n) is 4.26. The number of benzene rings is 1. The quantitative estimate of drug-likeness (QED) is 0.591. The van der Waals surface area contributed by atoms with Crippen LogP contribution in [0, 0.1) is 6.92 Å². The Bertz CT molecular complexity index is 913. The van der Waals surface area contributed by atoms with E-state index in [1.165, 1.54) is 17.4 Å². The lowest BCUT2D eigenvalue weighted by atomic mass is 10.1. The van der Waals surface area contributed by atoms with Crippen LogP contribution in [0.15, 0.2) is 30.3 Å². The molecule has 0 spiro atoms. The van der Waals surface area contributed by atoms with Crippen LogP contribution in [0.25, 0.3) is 6.08 Å². The number of carbonyl (C=O) groups excluding carboxylic acids is 3. The number of ether oxygens (including phenoxy) is 1. The number of rotatable bonds is 6. The van der Waals surface area contributed by atoms with Crippen LogP contribution in [0.2, 0.25) is 0 Å². The molecule has 2 aromatic rings. The molecule has 27 heavy (non-hydrogen) atoms. The summed E-state index contributed by atoms with van der Waals surface area (Å²) < 4.78 is 4.95. The maximum atomic E-state index is 12.1. The molecule has 1 heterocycles. The molecule has 2 amide bonds. The highest BCUT2D eigenvalue weighted by Crippen LogP contribution is 2.38. The molecule has 1 aromatic heterocycles. The van der Waals surface area contributed by atoms with Crippen LogP contribution in [-0.2, 0) is 27.2 Å². The Balaban J connectivity index is 1.55. The van der Waals surface area contributed by atoms with Gasteiger partial charge in [0.1, 0.15) is 5.00 Å². The van der Waals surface area contributed by atoms with Gasteiger partial charge in [-0.1, -0.05) is 29.8 Å². The van der Waals surface area contributed by atoms with Crippen LogP contribution in [-0.4, -0.2) is 24.4 Å². The van der Waals surface area contributed by atoms with Crippen molar-refractivity contribution in [3.05, 3.63) is 57.5 Å². The zero-order valence-electron chi connectivity index (χ0n) is 14.9. The summed E-state index contributed by atoms with van der Waals surface area (Å²) in [6.45, 7) is 1.55. The van der Waals surface area contributed by atoms with Gasteiger partial charge in [-0.3, -0.25) is 9.59 Å². The van der Waals surface area contributed by atoms with Gasteiger partial charge >= 0.3 is 5.97 Å². The molecule has 0 atom stereocenters. The Morgan fingerprint density at radius 1 is 1.22 bits per heavy atom. The molecular weight excluding hydrogens is 364 g/mol. The molecule has 140 valence electrons. The summed E-state index contributed by atoms with van der Waals surface area (Å²) in [5.74, 6) is -1.67. The highest BCUT2D eigenvalue weighted by molar-refractivity contribution is 7.17. The average molecular weight is 384 g/mol. The van der Waals surface area contributed by atoms with Crippen molar-refractivity contribution in [1.82, 2.24) is 0 Å². The summed E-state index contributed by atoms with van der Waals surface area (Å²) in [5, 5.41) is 3.07. The topological polar surface area (TPSA) is 98.5 Å². The largest absolute Gasteiger partial charge is 0.452 e. The first-order chi connectivity index (χ1) is 12.9. The first kappa shape index (κ1) is 18.8. The van der Waals surface area contributed by atoms with Gasteiger partial charge in [-0.05, 0) is 43.4 Å². The van der Waals surface area contributed by atoms with E-state index in [-0.39, 0.29) is 0 Å². The summed E-state index contributed by atoms with van der Waals surface area (Å²) in [5.41, 5.74) is 8.76. The number of anilines is 1. The molecule has 0 saturated carbocycles. The Morgan fingerprint density at radius 2 is 1.96 bits per heavy atom. The normalized spacial score (nSPS) is 12.8. The lowest BCUT2D eigenvalue weighted by Gasteiger charge is -2.06. The van der Waals surface area contributed by atoms with E-state index >= 15 is 0 Å². The molecule has 1 aromatic carbocycles. The van der Waals surface area contributed by atoms with Crippen LogP contribution in [0.5, 0.6) is 0 Å². The van der Waals surface area contributed by atoms with E-state index in [4.69, 9.17) is 10.5 Å². The molecule has 7 heteroatoms. The monoisotopic (exact) mass is 384 g/mol. The van der Waals surface area contributed by atoms with Crippen molar-refractivity contribution in [2.24, 2.45) is 5.73 Å². The fourth-order valence-corrected chi connectivity index (χ4v) is 4.25. The maximum absolute atomic E-state index is 12.1. The molecule has 0 radical (unpaired) electrons. The molecule has 1 aliphatic carbocycles. The van der Waals surface area contributed by atoms with E-state index in [0.29, 0.717) is 10.6 Å². The van der Waals surface area contributed by atoms with Gasteiger partial charge in [-0.2, -0.15) is 0 Å². The van der Waals surface area contributed by atoms with Gasteiger partial charge in [0.2, 0.25) is 0 Å². The van der Waals surface area contributed by atoms with Crippen LogP contribution in [0.3, 0.4) is 0 Å². The summed E-state index contributed by atoms with van der Waals surface area (Å²) in [7, 11) is 0. The van der Waals surface area contributed by atoms with Gasteiger partial charge in [0, 0.05) is 11.0 Å². The van der Waals surface area contributed by atoms with E-state index in [1.807, 2.05) is 31.2 Å². The minimum Gasteiger partial charge on any atom is -0.452 e. The van der Waals surface area contributed by atoms with Gasteiger partial charge in [-0.15, -0.1) is 11.3 Å². The highest BCUT2D eigenvalue weighted by Gasteiger charge is 2.26. The summed E-state index contributed by atoms with van der Waals surface area (Å²) in [6, 6.07) is 7.64. The molecule has 0 aliphatic heterocycles. The molecular formula is C20H20N2O4S. The van der Waals surface area contributed by atoms with Crippen LogP contribution < -0.4 is 11.1 Å². The van der Waals surface area contributed by atoms with Gasteiger partial charge in [0.25, 0.3) is 11.8 Å². The van der Waals surface area contributed by atoms with Crippen molar-refractivity contribution in [3.63, 3.8) is 0 Å². The second kappa shape index (κ2) is 8.18. The SMILES string of the molecule is Cc1ccc(/C=C/C(=O)OCC(=O)Nc2sc3c(c2C(N)=O)CCC3)cc1. The Hall–Kier alpha value is -2.93.